The van der Waals surface area contributed by atoms with E-state index in [1.807, 2.05) is 6.92 Å². The molecule has 6 nitrogen and oxygen atoms in total. The average molecular weight is 253 g/mol. The predicted molar refractivity (Wildman–Crippen MR) is 64.6 cm³/mol. The van der Waals surface area contributed by atoms with Gasteiger partial charge in [0.15, 0.2) is 0 Å². The van der Waals surface area contributed by atoms with Crippen LogP contribution in [0.3, 0.4) is 0 Å². The van der Waals surface area contributed by atoms with E-state index in [-0.39, 0.29) is 5.69 Å². The van der Waals surface area contributed by atoms with Crippen LogP contribution < -0.4 is 0 Å². The molecule has 0 radical (unpaired) electrons. The molecule has 98 valence electrons. The standard InChI is InChI=1S/C12H15NO5/c1-2-3-11(18-12(14)15)8-9-4-6-10(7-5-9)13(16)17/h4-7,11H,2-3,8H2,1H3,(H,14,15). The van der Waals surface area contributed by atoms with Gasteiger partial charge in [-0.25, -0.2) is 4.79 Å². The van der Waals surface area contributed by atoms with E-state index < -0.39 is 17.2 Å². The quantitative estimate of drug-likeness (QED) is 0.478. The summed E-state index contributed by atoms with van der Waals surface area (Å²) in [6, 6.07) is 6.04. The first-order valence-corrected chi connectivity index (χ1v) is 5.65. The maximum absolute atomic E-state index is 10.5. The monoisotopic (exact) mass is 253 g/mol. The van der Waals surface area contributed by atoms with Crippen molar-refractivity contribution in [1.29, 1.82) is 0 Å². The Kier molecular flexibility index (Phi) is 5.10. The molecule has 0 amide bonds. The van der Waals surface area contributed by atoms with Gasteiger partial charge in [0.25, 0.3) is 5.69 Å². The van der Waals surface area contributed by atoms with Crippen molar-refractivity contribution in [1.82, 2.24) is 0 Å². The number of nitro groups is 1. The maximum Gasteiger partial charge on any atom is 0.506 e. The molecule has 1 aromatic rings. The summed E-state index contributed by atoms with van der Waals surface area (Å²) in [5, 5.41) is 19.1. The van der Waals surface area contributed by atoms with Crippen molar-refractivity contribution in [3.63, 3.8) is 0 Å². The minimum Gasteiger partial charge on any atom is -0.450 e. The number of carboxylic acid groups (broad SMARTS) is 1. The second-order valence-electron chi connectivity index (χ2n) is 3.92. The Labute approximate surface area is 104 Å². The first kappa shape index (κ1) is 14.0. The molecule has 1 N–H and O–H groups in total. The lowest BCUT2D eigenvalue weighted by atomic mass is 10.0. The highest BCUT2D eigenvalue weighted by atomic mass is 16.7. The Balaban J connectivity index is 2.68. The van der Waals surface area contributed by atoms with Crippen LogP contribution >= 0.6 is 0 Å². The van der Waals surface area contributed by atoms with Gasteiger partial charge in [-0.15, -0.1) is 0 Å². The second kappa shape index (κ2) is 6.58. The van der Waals surface area contributed by atoms with Gasteiger partial charge in [0.1, 0.15) is 6.10 Å². The molecule has 0 heterocycles. The lowest BCUT2D eigenvalue weighted by Crippen LogP contribution is -2.19. The topological polar surface area (TPSA) is 89.7 Å². The van der Waals surface area contributed by atoms with Crippen LogP contribution in [0.4, 0.5) is 10.5 Å². The van der Waals surface area contributed by atoms with Crippen molar-refractivity contribution < 1.29 is 19.6 Å². The first-order valence-electron chi connectivity index (χ1n) is 5.65. The van der Waals surface area contributed by atoms with E-state index in [4.69, 9.17) is 9.84 Å². The number of non-ortho nitro benzene ring substituents is 1. The SMILES string of the molecule is CCCC(Cc1ccc([N+](=O)[O-])cc1)OC(=O)O. The molecule has 1 rings (SSSR count). The molecule has 1 unspecified atom stereocenters. The minimum absolute atomic E-state index is 0.0185. The Morgan fingerprint density at radius 2 is 2.06 bits per heavy atom. The Bertz CT molecular complexity index is 415. The fraction of sp³-hybridized carbons (Fsp3) is 0.417. The Hall–Kier alpha value is -2.11. The van der Waals surface area contributed by atoms with E-state index in [0.29, 0.717) is 12.8 Å². The third kappa shape index (κ3) is 4.40. The highest BCUT2D eigenvalue weighted by Gasteiger charge is 2.14. The molecule has 0 spiro atoms. The number of nitrogens with zero attached hydrogens (tertiary/aromatic N) is 1. The molecule has 0 aliphatic carbocycles. The zero-order chi connectivity index (χ0) is 13.5. The van der Waals surface area contributed by atoms with E-state index in [0.717, 1.165) is 12.0 Å². The smallest absolute Gasteiger partial charge is 0.450 e. The van der Waals surface area contributed by atoms with Gasteiger partial charge >= 0.3 is 6.16 Å². The minimum atomic E-state index is -1.30. The van der Waals surface area contributed by atoms with Crippen molar-refractivity contribution in [3.8, 4) is 0 Å². The van der Waals surface area contributed by atoms with Crippen LogP contribution in [0.2, 0.25) is 0 Å². The second-order valence-corrected chi connectivity index (χ2v) is 3.92. The van der Waals surface area contributed by atoms with Gasteiger partial charge in [-0.2, -0.15) is 0 Å². The summed E-state index contributed by atoms with van der Waals surface area (Å²) in [6.07, 6.45) is 0.163. The summed E-state index contributed by atoms with van der Waals surface area (Å²) in [7, 11) is 0. The molecule has 0 saturated heterocycles. The summed E-state index contributed by atoms with van der Waals surface area (Å²) in [5.74, 6) is 0. The fourth-order valence-corrected chi connectivity index (χ4v) is 1.68. The summed E-state index contributed by atoms with van der Waals surface area (Å²) < 4.78 is 4.76. The number of benzene rings is 1. The number of hydrogen-bond donors (Lipinski definition) is 1. The van der Waals surface area contributed by atoms with Gasteiger partial charge < -0.3 is 9.84 Å². The number of nitro benzene ring substituents is 1. The van der Waals surface area contributed by atoms with E-state index >= 15 is 0 Å². The number of ether oxygens (including phenoxy) is 1. The van der Waals surface area contributed by atoms with Crippen molar-refractivity contribution in [2.75, 3.05) is 0 Å². The van der Waals surface area contributed by atoms with Crippen molar-refractivity contribution in [2.24, 2.45) is 0 Å². The van der Waals surface area contributed by atoms with Crippen LogP contribution in [0.1, 0.15) is 25.3 Å². The lowest BCUT2D eigenvalue weighted by Gasteiger charge is -2.14. The Morgan fingerprint density at radius 1 is 1.44 bits per heavy atom. The predicted octanol–water partition coefficient (Wildman–Crippen LogP) is 3.00. The molecule has 0 fully saturated rings. The largest absolute Gasteiger partial charge is 0.506 e. The van der Waals surface area contributed by atoms with Gasteiger partial charge in [-0.3, -0.25) is 10.1 Å². The normalized spacial score (nSPS) is 11.8. The molecule has 0 aliphatic heterocycles. The van der Waals surface area contributed by atoms with Gasteiger partial charge in [0.2, 0.25) is 0 Å². The van der Waals surface area contributed by atoms with Crippen LogP contribution in [-0.4, -0.2) is 22.3 Å². The van der Waals surface area contributed by atoms with E-state index in [9.17, 15) is 14.9 Å². The maximum atomic E-state index is 10.5. The highest BCUT2D eigenvalue weighted by molar-refractivity contribution is 5.57. The van der Waals surface area contributed by atoms with Gasteiger partial charge in [0, 0.05) is 18.6 Å². The van der Waals surface area contributed by atoms with E-state index in [1.165, 1.54) is 12.1 Å². The molecule has 1 atom stereocenters. The molecule has 0 bridgehead atoms. The highest BCUT2D eigenvalue weighted by Crippen LogP contribution is 2.16. The van der Waals surface area contributed by atoms with Crippen LogP contribution in [0, 0.1) is 10.1 Å². The summed E-state index contributed by atoms with van der Waals surface area (Å²) >= 11 is 0. The molecule has 0 saturated carbocycles. The Morgan fingerprint density at radius 3 is 2.50 bits per heavy atom. The van der Waals surface area contributed by atoms with Gasteiger partial charge in [-0.1, -0.05) is 25.5 Å². The lowest BCUT2D eigenvalue weighted by molar-refractivity contribution is -0.384. The van der Waals surface area contributed by atoms with Crippen molar-refractivity contribution >= 4 is 11.8 Å². The fourth-order valence-electron chi connectivity index (χ4n) is 1.68. The summed E-state index contributed by atoms with van der Waals surface area (Å²) in [6.45, 7) is 1.94. The van der Waals surface area contributed by atoms with Crippen molar-refractivity contribution in [2.45, 2.75) is 32.3 Å². The van der Waals surface area contributed by atoms with Crippen LogP contribution in [0.15, 0.2) is 24.3 Å². The van der Waals surface area contributed by atoms with E-state index in [1.54, 1.807) is 12.1 Å². The van der Waals surface area contributed by atoms with E-state index in [2.05, 4.69) is 0 Å². The average Bonchev–Trinajstić information content (AvgIpc) is 2.29. The molecular formula is C12H15NO5. The van der Waals surface area contributed by atoms with Crippen LogP contribution in [0.5, 0.6) is 0 Å². The molecular weight excluding hydrogens is 238 g/mol. The molecule has 18 heavy (non-hydrogen) atoms. The first-order chi connectivity index (χ1) is 8.52. The third-order valence-corrected chi connectivity index (χ3v) is 2.49. The van der Waals surface area contributed by atoms with Crippen LogP contribution in [0.25, 0.3) is 0 Å². The summed E-state index contributed by atoms with van der Waals surface area (Å²) in [4.78, 5) is 20.5. The number of rotatable bonds is 6. The summed E-state index contributed by atoms with van der Waals surface area (Å²) in [5.41, 5.74) is 0.838. The molecule has 0 aliphatic rings. The number of hydrogen-bond acceptors (Lipinski definition) is 4. The molecule has 0 aromatic heterocycles. The van der Waals surface area contributed by atoms with Crippen LogP contribution in [-0.2, 0) is 11.2 Å². The molecule has 1 aromatic carbocycles. The number of carbonyl (C=O) groups is 1. The zero-order valence-electron chi connectivity index (χ0n) is 10.0. The molecule has 6 heteroatoms. The zero-order valence-corrected chi connectivity index (χ0v) is 10.0. The van der Waals surface area contributed by atoms with Gasteiger partial charge in [-0.05, 0) is 12.0 Å². The van der Waals surface area contributed by atoms with Gasteiger partial charge in [0.05, 0.1) is 4.92 Å². The van der Waals surface area contributed by atoms with Crippen molar-refractivity contribution in [3.05, 3.63) is 39.9 Å². The third-order valence-electron chi connectivity index (χ3n) is 2.49.